The second kappa shape index (κ2) is 7.24. The Labute approximate surface area is 95.4 Å². The molecule has 0 aliphatic heterocycles. The quantitative estimate of drug-likeness (QED) is 0.632. The van der Waals surface area contributed by atoms with Gasteiger partial charge in [0.25, 0.3) is 0 Å². The van der Waals surface area contributed by atoms with Gasteiger partial charge in [0.2, 0.25) is 0 Å². The van der Waals surface area contributed by atoms with Crippen LogP contribution in [0.25, 0.3) is 0 Å². The van der Waals surface area contributed by atoms with E-state index < -0.39 is 0 Å². The largest absolute Gasteiger partial charge is 0.313 e. The smallest absolute Gasteiger partial charge is 0.0223 e. The first-order chi connectivity index (χ1) is 7.31. The van der Waals surface area contributed by atoms with Gasteiger partial charge in [0, 0.05) is 12.6 Å². The molecule has 0 aromatic heterocycles. The third kappa shape index (κ3) is 4.98. The van der Waals surface area contributed by atoms with Crippen molar-refractivity contribution in [3.8, 4) is 0 Å². The first kappa shape index (κ1) is 13.0. The highest BCUT2D eigenvalue weighted by molar-refractivity contribution is 4.88. The summed E-state index contributed by atoms with van der Waals surface area (Å²) in [5, 5.41) is 3.64. The minimum atomic E-state index is 0.756. The molecule has 1 saturated carbocycles. The van der Waals surface area contributed by atoms with Crippen molar-refractivity contribution in [3.63, 3.8) is 0 Å². The molecule has 90 valence electrons. The lowest BCUT2D eigenvalue weighted by Crippen LogP contribution is -2.42. The lowest BCUT2D eigenvalue weighted by atomic mass is 10.1. The molecule has 2 nitrogen and oxygen atoms in total. The van der Waals surface area contributed by atoms with Crippen molar-refractivity contribution in [2.24, 2.45) is 5.92 Å². The number of hydrogen-bond acceptors (Lipinski definition) is 2. The minimum Gasteiger partial charge on any atom is -0.313 e. The molecular weight excluding hydrogens is 184 g/mol. The molecule has 1 N–H and O–H groups in total. The number of likely N-dealkylation sites (N-methyl/N-ethyl adjacent to an activating group) is 2. The predicted molar refractivity (Wildman–Crippen MR) is 67.2 cm³/mol. The molecular formula is C13H28N2. The third-order valence-corrected chi connectivity index (χ3v) is 3.39. The van der Waals surface area contributed by atoms with Crippen LogP contribution in [0.4, 0.5) is 0 Å². The van der Waals surface area contributed by atoms with Gasteiger partial charge in [-0.3, -0.25) is 0 Å². The van der Waals surface area contributed by atoms with Crippen molar-refractivity contribution >= 4 is 0 Å². The third-order valence-electron chi connectivity index (χ3n) is 3.39. The van der Waals surface area contributed by atoms with E-state index in [9.17, 15) is 0 Å². The topological polar surface area (TPSA) is 15.3 Å². The van der Waals surface area contributed by atoms with Gasteiger partial charge in [-0.2, -0.15) is 0 Å². The molecule has 0 saturated heterocycles. The van der Waals surface area contributed by atoms with E-state index in [1.54, 1.807) is 0 Å². The molecule has 0 amide bonds. The summed E-state index contributed by atoms with van der Waals surface area (Å²) >= 11 is 0. The van der Waals surface area contributed by atoms with Crippen molar-refractivity contribution in [3.05, 3.63) is 0 Å². The summed E-state index contributed by atoms with van der Waals surface area (Å²) in [7, 11) is 0. The molecule has 0 heterocycles. The van der Waals surface area contributed by atoms with Crippen LogP contribution in [0.3, 0.4) is 0 Å². The number of nitrogens with zero attached hydrogens (tertiary/aromatic N) is 1. The molecule has 1 aliphatic rings. The highest BCUT2D eigenvalue weighted by Crippen LogP contribution is 2.32. The van der Waals surface area contributed by atoms with Gasteiger partial charge < -0.3 is 10.2 Å². The lowest BCUT2D eigenvalue weighted by Gasteiger charge is -2.27. The highest BCUT2D eigenvalue weighted by Gasteiger charge is 2.31. The average molecular weight is 212 g/mol. The molecule has 1 atom stereocenters. The van der Waals surface area contributed by atoms with Crippen LogP contribution in [0, 0.1) is 5.92 Å². The maximum atomic E-state index is 3.64. The van der Waals surface area contributed by atoms with Crippen LogP contribution in [-0.4, -0.2) is 37.1 Å². The summed E-state index contributed by atoms with van der Waals surface area (Å²) in [5.41, 5.74) is 0. The standard InChI is InChI=1S/C13H28N2/c1-4-7-10-15(6-3)11-13(14-5-2)12-8-9-12/h12-14H,4-11H2,1-3H3. The van der Waals surface area contributed by atoms with Crippen molar-refractivity contribution < 1.29 is 0 Å². The van der Waals surface area contributed by atoms with Crippen LogP contribution < -0.4 is 5.32 Å². The summed E-state index contributed by atoms with van der Waals surface area (Å²) < 4.78 is 0. The van der Waals surface area contributed by atoms with Crippen molar-refractivity contribution in [2.45, 2.75) is 52.5 Å². The Morgan fingerprint density at radius 2 is 2.00 bits per heavy atom. The van der Waals surface area contributed by atoms with Crippen LogP contribution in [0.1, 0.15) is 46.5 Å². The Hall–Kier alpha value is -0.0800. The molecule has 0 aromatic rings. The predicted octanol–water partition coefficient (Wildman–Crippen LogP) is 2.50. The second-order valence-corrected chi connectivity index (χ2v) is 4.75. The fourth-order valence-corrected chi connectivity index (χ4v) is 2.18. The maximum Gasteiger partial charge on any atom is 0.0223 e. The van der Waals surface area contributed by atoms with Gasteiger partial charge in [0.15, 0.2) is 0 Å². The van der Waals surface area contributed by atoms with E-state index in [2.05, 4.69) is 31.0 Å². The van der Waals surface area contributed by atoms with E-state index in [-0.39, 0.29) is 0 Å². The minimum absolute atomic E-state index is 0.756. The SMILES string of the molecule is CCCCN(CC)CC(NCC)C1CC1. The first-order valence-corrected chi connectivity index (χ1v) is 6.77. The molecule has 0 aromatic carbocycles. The van der Waals surface area contributed by atoms with Crippen LogP contribution >= 0.6 is 0 Å². The average Bonchev–Trinajstić information content (AvgIpc) is 3.06. The fourth-order valence-electron chi connectivity index (χ4n) is 2.18. The molecule has 1 fully saturated rings. The van der Waals surface area contributed by atoms with E-state index in [1.165, 1.54) is 45.3 Å². The molecule has 0 spiro atoms. The van der Waals surface area contributed by atoms with Crippen LogP contribution in [0.15, 0.2) is 0 Å². The zero-order valence-corrected chi connectivity index (χ0v) is 10.8. The summed E-state index contributed by atoms with van der Waals surface area (Å²) in [6, 6.07) is 0.756. The molecule has 1 unspecified atom stereocenters. The molecule has 2 heteroatoms. The van der Waals surface area contributed by atoms with Gasteiger partial charge in [0.1, 0.15) is 0 Å². The van der Waals surface area contributed by atoms with Gasteiger partial charge in [-0.25, -0.2) is 0 Å². The van der Waals surface area contributed by atoms with E-state index in [4.69, 9.17) is 0 Å². The van der Waals surface area contributed by atoms with Crippen LogP contribution in [0.2, 0.25) is 0 Å². The number of rotatable bonds is 9. The Morgan fingerprint density at radius 3 is 2.47 bits per heavy atom. The zero-order valence-electron chi connectivity index (χ0n) is 10.8. The lowest BCUT2D eigenvalue weighted by molar-refractivity contribution is 0.239. The summed E-state index contributed by atoms with van der Waals surface area (Å²) in [4.78, 5) is 2.61. The molecule has 0 bridgehead atoms. The number of hydrogen-bond donors (Lipinski definition) is 1. The Kier molecular flexibility index (Phi) is 6.26. The van der Waals surface area contributed by atoms with Gasteiger partial charge >= 0.3 is 0 Å². The number of unbranched alkanes of at least 4 members (excludes halogenated alkanes) is 1. The summed E-state index contributed by atoms with van der Waals surface area (Å²) in [6.45, 7) is 11.6. The zero-order chi connectivity index (χ0) is 11.1. The van der Waals surface area contributed by atoms with E-state index in [0.29, 0.717) is 0 Å². The Balaban J connectivity index is 2.25. The van der Waals surface area contributed by atoms with Gasteiger partial charge in [0.05, 0.1) is 0 Å². The molecule has 1 aliphatic carbocycles. The monoisotopic (exact) mass is 212 g/mol. The van der Waals surface area contributed by atoms with Crippen LogP contribution in [0.5, 0.6) is 0 Å². The van der Waals surface area contributed by atoms with Crippen molar-refractivity contribution in [1.29, 1.82) is 0 Å². The van der Waals surface area contributed by atoms with E-state index in [1.807, 2.05) is 0 Å². The summed E-state index contributed by atoms with van der Waals surface area (Å²) in [5.74, 6) is 0.973. The second-order valence-electron chi connectivity index (χ2n) is 4.75. The molecule has 0 radical (unpaired) electrons. The molecule has 1 rings (SSSR count). The highest BCUT2D eigenvalue weighted by atomic mass is 15.1. The van der Waals surface area contributed by atoms with Gasteiger partial charge in [-0.05, 0) is 44.8 Å². The Morgan fingerprint density at radius 1 is 1.27 bits per heavy atom. The van der Waals surface area contributed by atoms with Crippen LogP contribution in [-0.2, 0) is 0 Å². The molecule has 15 heavy (non-hydrogen) atoms. The van der Waals surface area contributed by atoms with Crippen molar-refractivity contribution in [2.75, 3.05) is 26.2 Å². The number of nitrogens with one attached hydrogen (secondary N) is 1. The van der Waals surface area contributed by atoms with Crippen molar-refractivity contribution in [1.82, 2.24) is 10.2 Å². The first-order valence-electron chi connectivity index (χ1n) is 6.77. The summed E-state index contributed by atoms with van der Waals surface area (Å²) in [6.07, 6.45) is 5.55. The van der Waals surface area contributed by atoms with E-state index >= 15 is 0 Å². The van der Waals surface area contributed by atoms with Gasteiger partial charge in [-0.15, -0.1) is 0 Å². The Bertz CT molecular complexity index is 155. The fraction of sp³-hybridized carbons (Fsp3) is 1.00. The van der Waals surface area contributed by atoms with E-state index in [0.717, 1.165) is 18.5 Å². The normalized spacial score (nSPS) is 18.4. The van der Waals surface area contributed by atoms with Gasteiger partial charge in [-0.1, -0.05) is 27.2 Å². The maximum absolute atomic E-state index is 3.64.